The molecule has 2 fully saturated rings. The molecule has 2 saturated carbocycles. The van der Waals surface area contributed by atoms with Crippen LogP contribution < -0.4 is 24.8 Å². The second kappa shape index (κ2) is 13.8. The average molecular weight is 459 g/mol. The molecular weight excluding hydrogens is 430 g/mol. The second-order valence-corrected chi connectivity index (χ2v) is 16.1. The van der Waals surface area contributed by atoms with Gasteiger partial charge in [0.15, 0.2) is 0 Å². The van der Waals surface area contributed by atoms with Crippen molar-refractivity contribution in [2.45, 2.75) is 45.2 Å². The van der Waals surface area contributed by atoms with E-state index in [0.29, 0.717) is 0 Å². The molecule has 0 bridgehead atoms. The van der Waals surface area contributed by atoms with Crippen molar-refractivity contribution in [2.75, 3.05) is 0 Å². The largest absolute Gasteiger partial charge is 1.00 e. The van der Waals surface area contributed by atoms with E-state index < -0.39 is 0 Å². The fraction of sp³-hybridized carbons (Fsp3) is 0.550. The van der Waals surface area contributed by atoms with Gasteiger partial charge < -0.3 is 31.2 Å². The smallest absolute Gasteiger partial charge is 0.109 e. The van der Waals surface area contributed by atoms with Gasteiger partial charge in [0.25, 0.3) is 0 Å². The van der Waals surface area contributed by atoms with Gasteiger partial charge in [-0.1, -0.05) is 49.8 Å². The number of halogens is 2. The molecule has 0 aromatic carbocycles. The van der Waals surface area contributed by atoms with E-state index in [1.54, 1.807) is 23.3 Å². The Morgan fingerprint density at radius 3 is 2.29 bits per heavy atom. The molecule has 0 N–H and O–H groups in total. The molecule has 4 aliphatic carbocycles. The summed E-state index contributed by atoms with van der Waals surface area (Å²) in [5.41, 5.74) is 0.210. The van der Waals surface area contributed by atoms with Gasteiger partial charge in [-0.25, -0.2) is 12.2 Å². The Bertz CT molecular complexity index is 468. The molecule has 0 aromatic heterocycles. The van der Waals surface area contributed by atoms with Crippen LogP contribution in [0.3, 0.4) is 0 Å². The topological polar surface area (TPSA) is 0 Å². The van der Waals surface area contributed by atoms with Gasteiger partial charge in [0.05, 0.1) is 0 Å². The van der Waals surface area contributed by atoms with E-state index >= 15 is 0 Å². The van der Waals surface area contributed by atoms with Gasteiger partial charge in [-0.3, -0.25) is 6.08 Å². The third-order valence-corrected chi connectivity index (χ3v) is 4.65. The summed E-state index contributed by atoms with van der Waals surface area (Å²) in [6.07, 6.45) is 27.8. The maximum atomic E-state index is 2.99. The Morgan fingerprint density at radius 2 is 1.71 bits per heavy atom. The zero-order valence-electron chi connectivity index (χ0n) is 14.7. The molecule has 4 atom stereocenters. The van der Waals surface area contributed by atoms with Gasteiger partial charge in [0.1, 0.15) is 0 Å². The van der Waals surface area contributed by atoms with Crippen LogP contribution in [0.1, 0.15) is 32.1 Å². The first kappa shape index (κ1) is 24.6. The summed E-state index contributed by atoms with van der Waals surface area (Å²) in [5.74, 6) is 3.56. The van der Waals surface area contributed by atoms with Crippen LogP contribution in [0, 0.1) is 36.2 Å². The first-order chi connectivity index (χ1) is 10.7. The number of fused-ring (bicyclic) bond motifs is 3. The fourth-order valence-corrected chi connectivity index (χ4v) is 3.79. The minimum absolute atomic E-state index is 0. The van der Waals surface area contributed by atoms with Gasteiger partial charge in [0, 0.05) is 0 Å². The summed E-state index contributed by atoms with van der Waals surface area (Å²) < 4.78 is 0. The third kappa shape index (κ3) is 8.35. The SMILES string of the molecule is C1=CC2[CH-]C3CCCCC3C2C=C1.C[Si](C)=[Zr+2].[C-]1=CC=CC1.[Cl-].[Cl-]. The fourth-order valence-electron chi connectivity index (χ4n) is 3.79. The van der Waals surface area contributed by atoms with Crippen LogP contribution in [0.5, 0.6) is 0 Å². The maximum absolute atomic E-state index is 2.99. The Balaban J connectivity index is 0.000000409. The van der Waals surface area contributed by atoms with Crippen molar-refractivity contribution in [2.24, 2.45) is 23.7 Å². The number of allylic oxidation sites excluding steroid dienone is 8. The van der Waals surface area contributed by atoms with Crippen LogP contribution in [0.15, 0.2) is 42.5 Å². The molecule has 0 aromatic rings. The van der Waals surface area contributed by atoms with Crippen molar-refractivity contribution in [1.82, 2.24) is 0 Å². The van der Waals surface area contributed by atoms with Crippen LogP contribution in [0.4, 0.5) is 0 Å². The van der Waals surface area contributed by atoms with Gasteiger partial charge in [-0.05, 0) is 5.92 Å². The van der Waals surface area contributed by atoms with Crippen molar-refractivity contribution in [3.05, 3.63) is 55.0 Å². The van der Waals surface area contributed by atoms with E-state index in [-0.39, 0.29) is 30.2 Å². The van der Waals surface area contributed by atoms with Crippen LogP contribution in [0.25, 0.3) is 0 Å². The van der Waals surface area contributed by atoms with Crippen molar-refractivity contribution >= 4 is 5.43 Å². The molecule has 0 heterocycles. The van der Waals surface area contributed by atoms with Crippen LogP contribution >= 0.6 is 0 Å². The molecule has 0 radical (unpaired) electrons. The summed E-state index contributed by atoms with van der Waals surface area (Å²) in [5, 5.41) is 0. The first-order valence-corrected chi connectivity index (χ1v) is 14.8. The summed E-state index contributed by atoms with van der Waals surface area (Å²) >= 11 is 1.74. The van der Waals surface area contributed by atoms with E-state index in [9.17, 15) is 0 Å². The molecule has 0 spiro atoms. The molecule has 132 valence electrons. The summed E-state index contributed by atoms with van der Waals surface area (Å²) in [7, 11) is 0. The number of hydrogen-bond acceptors (Lipinski definition) is 0. The van der Waals surface area contributed by atoms with Crippen molar-refractivity contribution in [3.63, 3.8) is 0 Å². The summed E-state index contributed by atoms with van der Waals surface area (Å²) in [4.78, 5) is 0. The van der Waals surface area contributed by atoms with Gasteiger partial charge in [-0.15, -0.1) is 18.4 Å². The average Bonchev–Trinajstić information content (AvgIpc) is 3.18. The molecule has 4 aliphatic rings. The Labute approximate surface area is 176 Å². The molecule has 4 unspecified atom stereocenters. The van der Waals surface area contributed by atoms with E-state index in [1.165, 1.54) is 25.7 Å². The minimum atomic E-state index is 0. The second-order valence-electron chi connectivity index (χ2n) is 6.73. The third-order valence-electron chi connectivity index (χ3n) is 4.65. The molecule has 0 aliphatic heterocycles. The Morgan fingerprint density at radius 1 is 1.04 bits per heavy atom. The Hall–Kier alpha value is 0.640. The predicted octanol–water partition coefficient (Wildman–Crippen LogP) is -0.533. The molecule has 4 heteroatoms. The molecule has 0 nitrogen and oxygen atoms in total. The monoisotopic (exact) mass is 456 g/mol. The summed E-state index contributed by atoms with van der Waals surface area (Å²) in [6, 6.07) is 0. The zero-order valence-corrected chi connectivity index (χ0v) is 19.7. The van der Waals surface area contributed by atoms with E-state index in [0.717, 1.165) is 30.1 Å². The van der Waals surface area contributed by atoms with E-state index in [2.05, 4.69) is 56.0 Å². The molecule has 0 amide bonds. The normalized spacial score (nSPS) is 30.5. The molecule has 0 saturated heterocycles. The Kier molecular flexibility index (Phi) is 14.2. The van der Waals surface area contributed by atoms with Gasteiger partial charge in [0.2, 0.25) is 0 Å². The van der Waals surface area contributed by atoms with Gasteiger partial charge in [-0.2, -0.15) is 12.0 Å². The minimum Gasteiger partial charge on any atom is -1.00 e. The van der Waals surface area contributed by atoms with Crippen LogP contribution in [0.2, 0.25) is 13.1 Å². The molecule has 4 rings (SSSR count). The van der Waals surface area contributed by atoms with Crippen molar-refractivity contribution in [1.29, 1.82) is 0 Å². The molecular formula is C20H28Cl2SiZr-2. The van der Waals surface area contributed by atoms with Crippen LogP contribution in [-0.2, 0) is 23.3 Å². The molecule has 24 heavy (non-hydrogen) atoms. The predicted molar refractivity (Wildman–Crippen MR) is 94.1 cm³/mol. The number of hydrogen-bond donors (Lipinski definition) is 0. The maximum Gasteiger partial charge on any atom is -0.109 e. The van der Waals surface area contributed by atoms with Crippen molar-refractivity contribution in [3.8, 4) is 0 Å². The van der Waals surface area contributed by atoms with E-state index in [4.69, 9.17) is 0 Å². The quantitative estimate of drug-likeness (QED) is 0.338. The first-order valence-electron chi connectivity index (χ1n) is 8.62. The van der Waals surface area contributed by atoms with Crippen molar-refractivity contribution < 1.29 is 48.1 Å². The zero-order chi connectivity index (χ0) is 15.8. The van der Waals surface area contributed by atoms with Crippen LogP contribution in [-0.4, -0.2) is 5.43 Å². The standard InChI is InChI=1S/C13H17.C5H5.C2H6Si.2ClH.Zr/c1-3-7-12-10(5-1)9-11-6-2-4-8-13(11)12;1-2-4-5-3-1;1-3-2;;;/h1,3,5,7,9-13H,2,4,6,8H2;1-3H,4H2;1-2H3;2*1H;/q2*-1;;;;+2/p-2. The number of rotatable bonds is 0. The summed E-state index contributed by atoms with van der Waals surface area (Å²) in [6.45, 7) is 4.62. The van der Waals surface area contributed by atoms with Gasteiger partial charge >= 0.3 is 41.9 Å². The van der Waals surface area contributed by atoms with E-state index in [1.807, 2.05) is 12.2 Å².